The number of methoxy groups -OCH3 is 3. The van der Waals surface area contributed by atoms with E-state index < -0.39 is 33.3 Å². The number of H-pyrrole nitrogens is 1. The quantitative estimate of drug-likeness (QED) is 0.353. The van der Waals surface area contributed by atoms with Crippen molar-refractivity contribution in [2.45, 2.75) is 6.54 Å². The molecule has 13 heteroatoms. The number of hydrogen-bond donors (Lipinski definition) is 2. The van der Waals surface area contributed by atoms with Crippen molar-refractivity contribution in [3.63, 3.8) is 0 Å². The molecule has 1 aromatic heterocycles. The van der Waals surface area contributed by atoms with Crippen molar-refractivity contribution in [2.75, 3.05) is 39.0 Å². The average molecular weight is 485 g/mol. The van der Waals surface area contributed by atoms with Gasteiger partial charge in [-0.15, -0.1) is 0 Å². The Labute approximate surface area is 198 Å². The monoisotopic (exact) mass is 485 g/mol. The molecule has 0 spiro atoms. The first-order chi connectivity index (χ1) is 16.7. The van der Waals surface area contributed by atoms with E-state index in [4.69, 9.17) is 19.9 Å². The first kappa shape index (κ1) is 24.8. The van der Waals surface area contributed by atoms with E-state index in [-0.39, 0.29) is 35.3 Å². The Kier molecular flexibility index (Phi) is 7.08. The summed E-state index contributed by atoms with van der Waals surface area (Å²) < 4.78 is 16.6. The van der Waals surface area contributed by atoms with Gasteiger partial charge in [0.1, 0.15) is 11.4 Å². The van der Waals surface area contributed by atoms with Gasteiger partial charge in [-0.2, -0.15) is 0 Å². The van der Waals surface area contributed by atoms with Crippen LogP contribution in [0, 0.1) is 10.1 Å². The lowest BCUT2D eigenvalue weighted by atomic mass is 10.1. The Bertz CT molecular complexity index is 1400. The molecular formula is C22H23N5O8. The molecule has 0 fully saturated rings. The minimum atomic E-state index is -0.974. The van der Waals surface area contributed by atoms with Crippen molar-refractivity contribution >= 4 is 23.1 Å². The number of amides is 1. The second kappa shape index (κ2) is 9.99. The van der Waals surface area contributed by atoms with Crippen LogP contribution in [0.2, 0.25) is 0 Å². The molecule has 13 nitrogen and oxygen atoms in total. The number of hydrogen-bond acceptors (Lipinski definition) is 9. The molecule has 1 heterocycles. The number of carbonyl (C=O) groups is 1. The van der Waals surface area contributed by atoms with E-state index >= 15 is 0 Å². The first-order valence-corrected chi connectivity index (χ1v) is 10.1. The Morgan fingerprint density at radius 3 is 2.29 bits per heavy atom. The van der Waals surface area contributed by atoms with E-state index in [1.54, 1.807) is 30.3 Å². The predicted octanol–water partition coefficient (Wildman–Crippen LogP) is 1.38. The molecule has 0 saturated carbocycles. The lowest BCUT2D eigenvalue weighted by Crippen LogP contribution is -2.39. The fourth-order valence-electron chi connectivity index (χ4n) is 3.59. The predicted molar refractivity (Wildman–Crippen MR) is 127 cm³/mol. The number of nitrogens with zero attached hydrogens (tertiary/aromatic N) is 3. The van der Waals surface area contributed by atoms with Gasteiger partial charge in [-0.1, -0.05) is 30.3 Å². The van der Waals surface area contributed by atoms with Crippen molar-refractivity contribution in [3.05, 3.63) is 78.5 Å². The van der Waals surface area contributed by atoms with Gasteiger partial charge in [0, 0.05) is 13.1 Å². The van der Waals surface area contributed by atoms with Crippen molar-refractivity contribution in [1.29, 1.82) is 0 Å². The maximum Gasteiger partial charge on any atom is 0.330 e. The van der Waals surface area contributed by atoms with Crippen LogP contribution in [0.5, 0.6) is 17.2 Å². The van der Waals surface area contributed by atoms with Gasteiger partial charge in [0.05, 0.1) is 32.8 Å². The third-order valence-electron chi connectivity index (χ3n) is 5.25. The molecule has 0 radical (unpaired) electrons. The maximum absolute atomic E-state index is 13.4. The molecule has 2 aromatic carbocycles. The molecule has 3 N–H and O–H groups in total. The minimum Gasteiger partial charge on any atom is -0.493 e. The van der Waals surface area contributed by atoms with Crippen LogP contribution in [-0.2, 0) is 6.54 Å². The van der Waals surface area contributed by atoms with Gasteiger partial charge in [0.15, 0.2) is 11.4 Å². The van der Waals surface area contributed by atoms with Crippen LogP contribution in [0.1, 0.15) is 15.9 Å². The number of carbonyl (C=O) groups excluding carboxylic acids is 1. The summed E-state index contributed by atoms with van der Waals surface area (Å²) in [5.74, 6) is -1.71. The zero-order valence-electron chi connectivity index (χ0n) is 19.4. The molecule has 0 unspecified atom stereocenters. The van der Waals surface area contributed by atoms with Crippen LogP contribution in [0.3, 0.4) is 0 Å². The summed E-state index contributed by atoms with van der Waals surface area (Å²) in [5, 5.41) is 11.9. The van der Waals surface area contributed by atoms with E-state index in [2.05, 4.69) is 4.98 Å². The molecule has 0 aliphatic carbocycles. The number of benzene rings is 2. The second-order valence-electron chi connectivity index (χ2n) is 7.23. The Hall–Kier alpha value is -4.81. The molecule has 0 atom stereocenters. The van der Waals surface area contributed by atoms with Gasteiger partial charge in [-0.3, -0.25) is 29.3 Å². The zero-order valence-corrected chi connectivity index (χ0v) is 19.4. The van der Waals surface area contributed by atoms with Crippen LogP contribution >= 0.6 is 0 Å². The van der Waals surface area contributed by atoms with Crippen LogP contribution < -0.4 is 36.1 Å². The largest absolute Gasteiger partial charge is 0.493 e. The van der Waals surface area contributed by atoms with E-state index in [0.29, 0.717) is 5.56 Å². The molecule has 3 rings (SSSR count). The van der Waals surface area contributed by atoms with Gasteiger partial charge < -0.3 is 24.8 Å². The van der Waals surface area contributed by atoms with E-state index in [0.717, 1.165) is 15.5 Å². The summed E-state index contributed by atoms with van der Waals surface area (Å²) in [6.45, 7) is 0.0155. The van der Waals surface area contributed by atoms with Crippen LogP contribution in [-0.4, -0.2) is 48.8 Å². The average Bonchev–Trinajstić information content (AvgIpc) is 2.84. The molecule has 0 bridgehead atoms. The van der Waals surface area contributed by atoms with Crippen LogP contribution in [0.4, 0.5) is 17.2 Å². The highest BCUT2D eigenvalue weighted by atomic mass is 16.6. The van der Waals surface area contributed by atoms with E-state index in [1.165, 1.54) is 28.4 Å². The second-order valence-corrected chi connectivity index (χ2v) is 7.23. The summed E-state index contributed by atoms with van der Waals surface area (Å²) in [6.07, 6.45) is 0. The number of nitro benzene ring substituents is 1. The smallest absolute Gasteiger partial charge is 0.330 e. The molecule has 3 aromatic rings. The number of anilines is 2. The highest BCUT2D eigenvalue weighted by molar-refractivity contribution is 6.10. The molecule has 0 aliphatic rings. The number of ether oxygens (including phenoxy) is 3. The lowest BCUT2D eigenvalue weighted by Gasteiger charge is -2.21. The van der Waals surface area contributed by atoms with Crippen LogP contribution in [0.15, 0.2) is 46.0 Å². The normalized spacial score (nSPS) is 10.5. The van der Waals surface area contributed by atoms with Crippen molar-refractivity contribution in [2.24, 2.45) is 0 Å². The van der Waals surface area contributed by atoms with Crippen LogP contribution in [0.25, 0.3) is 0 Å². The molecule has 35 heavy (non-hydrogen) atoms. The maximum atomic E-state index is 13.4. The highest BCUT2D eigenvalue weighted by Gasteiger charge is 2.35. The number of aromatic amines is 1. The van der Waals surface area contributed by atoms with Gasteiger partial charge in [0.2, 0.25) is 11.5 Å². The third-order valence-corrected chi connectivity index (χ3v) is 5.25. The third kappa shape index (κ3) is 4.51. The fourth-order valence-corrected chi connectivity index (χ4v) is 3.59. The van der Waals surface area contributed by atoms with Crippen molar-refractivity contribution in [1.82, 2.24) is 9.55 Å². The number of aromatic nitrogens is 2. The van der Waals surface area contributed by atoms with Crippen molar-refractivity contribution < 1.29 is 23.9 Å². The molecule has 184 valence electrons. The van der Waals surface area contributed by atoms with Gasteiger partial charge in [-0.25, -0.2) is 4.79 Å². The summed E-state index contributed by atoms with van der Waals surface area (Å²) >= 11 is 0. The number of nitro groups is 1. The Morgan fingerprint density at radius 2 is 1.74 bits per heavy atom. The van der Waals surface area contributed by atoms with Crippen molar-refractivity contribution in [3.8, 4) is 17.2 Å². The molecule has 1 amide bonds. The summed E-state index contributed by atoms with van der Waals surface area (Å²) in [4.78, 5) is 52.6. The lowest BCUT2D eigenvalue weighted by molar-refractivity contribution is -0.386. The summed E-state index contributed by atoms with van der Waals surface area (Å²) in [5.41, 5.74) is 3.63. The minimum absolute atomic E-state index is 0.0115. The topological polar surface area (TPSA) is 172 Å². The fraction of sp³-hybridized carbons (Fsp3) is 0.227. The SMILES string of the molecule is COc1cc(C(=O)N(C)c2c(N)n(Cc3ccccc3)c(=O)[nH]c2=O)c([N+](=O)[O-])c(OC)c1OC. The number of nitrogen functional groups attached to an aromatic ring is 1. The van der Waals surface area contributed by atoms with Gasteiger partial charge in [0.25, 0.3) is 11.5 Å². The number of nitrogens with one attached hydrogen (secondary N) is 1. The summed E-state index contributed by atoms with van der Waals surface area (Å²) in [7, 11) is 4.91. The standard InChI is InChI=1S/C22H23N5O8/c1-25(16-19(23)26(22(30)24-20(16)28)11-12-8-6-5-7-9-12)21(29)13-10-14(33-2)17(34-3)18(35-4)15(13)27(31)32/h5-10H,11,23H2,1-4H3,(H,24,28,30). The Balaban J connectivity index is 2.19. The molecule has 0 aliphatic heterocycles. The van der Waals surface area contributed by atoms with Gasteiger partial charge >= 0.3 is 11.4 Å². The van der Waals surface area contributed by atoms with E-state index in [1.807, 2.05) is 0 Å². The zero-order chi connectivity index (χ0) is 25.9. The number of rotatable bonds is 8. The Morgan fingerprint density at radius 1 is 1.11 bits per heavy atom. The molecule has 0 saturated heterocycles. The first-order valence-electron chi connectivity index (χ1n) is 10.1. The molecular weight excluding hydrogens is 462 g/mol. The van der Waals surface area contributed by atoms with Gasteiger partial charge in [-0.05, 0) is 5.56 Å². The summed E-state index contributed by atoms with van der Waals surface area (Å²) in [6, 6.07) is 9.94. The number of nitrogens with two attached hydrogens (primary N) is 1. The highest BCUT2D eigenvalue weighted by Crippen LogP contribution is 2.46. The van der Waals surface area contributed by atoms with E-state index in [9.17, 15) is 24.5 Å².